The van der Waals surface area contributed by atoms with Crippen LogP contribution in [0.1, 0.15) is 17.3 Å². The van der Waals surface area contributed by atoms with E-state index in [0.717, 1.165) is 14.8 Å². The average Bonchev–Trinajstić information content (AvgIpc) is 3.34. The second kappa shape index (κ2) is 8.56. The average molecular weight is 412 g/mol. The van der Waals surface area contributed by atoms with Gasteiger partial charge in [0.2, 0.25) is 5.91 Å². The standard InChI is InChI=1S/C15H13N3O3S4/c1-2-21-14(20)12-9(10-4-3-5-22-10)6-23-13(12)17-11(19)7-24-15-18-16-8-25-15/h3-6,8H,2,7H2,1H3,(H,17,19). The van der Waals surface area contributed by atoms with Crippen LogP contribution in [0, 0.1) is 0 Å². The fraction of sp³-hybridized carbons (Fsp3) is 0.200. The summed E-state index contributed by atoms with van der Waals surface area (Å²) >= 11 is 5.54. The van der Waals surface area contributed by atoms with Crippen molar-refractivity contribution in [2.75, 3.05) is 17.7 Å². The lowest BCUT2D eigenvalue weighted by atomic mass is 10.1. The maximum atomic E-state index is 12.4. The van der Waals surface area contributed by atoms with Crippen molar-refractivity contribution < 1.29 is 14.3 Å². The van der Waals surface area contributed by atoms with E-state index in [1.54, 1.807) is 12.4 Å². The Balaban J connectivity index is 1.78. The molecule has 0 aliphatic heterocycles. The number of nitrogens with one attached hydrogen (secondary N) is 1. The van der Waals surface area contributed by atoms with Crippen molar-refractivity contribution in [2.45, 2.75) is 11.3 Å². The molecular formula is C15H13N3O3S4. The molecule has 25 heavy (non-hydrogen) atoms. The van der Waals surface area contributed by atoms with Gasteiger partial charge in [-0.2, -0.15) is 0 Å². The summed E-state index contributed by atoms with van der Waals surface area (Å²) in [6.45, 7) is 2.03. The van der Waals surface area contributed by atoms with E-state index in [4.69, 9.17) is 4.74 Å². The van der Waals surface area contributed by atoms with Gasteiger partial charge in [-0.1, -0.05) is 29.2 Å². The van der Waals surface area contributed by atoms with E-state index in [-0.39, 0.29) is 18.3 Å². The van der Waals surface area contributed by atoms with Crippen LogP contribution in [0.2, 0.25) is 0 Å². The molecule has 0 atom stereocenters. The molecule has 0 unspecified atom stereocenters. The minimum Gasteiger partial charge on any atom is -0.462 e. The van der Waals surface area contributed by atoms with Crippen molar-refractivity contribution in [1.29, 1.82) is 0 Å². The van der Waals surface area contributed by atoms with Crippen molar-refractivity contribution in [3.63, 3.8) is 0 Å². The first-order chi connectivity index (χ1) is 12.2. The highest BCUT2D eigenvalue weighted by Gasteiger charge is 2.23. The summed E-state index contributed by atoms with van der Waals surface area (Å²) in [5.74, 6) is -0.437. The summed E-state index contributed by atoms with van der Waals surface area (Å²) < 4.78 is 5.89. The number of carbonyl (C=O) groups is 2. The second-order valence-corrected chi connectivity index (χ2v) is 8.48. The molecule has 1 N–H and O–H groups in total. The Morgan fingerprint density at radius 2 is 2.20 bits per heavy atom. The highest BCUT2D eigenvalue weighted by atomic mass is 32.2. The Hall–Kier alpha value is -1.75. The first-order valence-corrected chi connectivity index (χ1v) is 10.8. The number of hydrogen-bond donors (Lipinski definition) is 1. The molecule has 0 saturated carbocycles. The van der Waals surface area contributed by atoms with Crippen LogP contribution in [0.4, 0.5) is 5.00 Å². The van der Waals surface area contributed by atoms with Crippen molar-refractivity contribution in [1.82, 2.24) is 10.2 Å². The van der Waals surface area contributed by atoms with Crippen molar-refractivity contribution in [3.05, 3.63) is 34.0 Å². The van der Waals surface area contributed by atoms with E-state index in [1.807, 2.05) is 22.9 Å². The third-order valence-electron chi connectivity index (χ3n) is 2.98. The van der Waals surface area contributed by atoms with Gasteiger partial charge >= 0.3 is 5.97 Å². The molecule has 3 aromatic heterocycles. The van der Waals surface area contributed by atoms with Gasteiger partial charge < -0.3 is 10.1 Å². The van der Waals surface area contributed by atoms with Gasteiger partial charge in [-0.3, -0.25) is 4.79 Å². The highest BCUT2D eigenvalue weighted by Crippen LogP contribution is 2.38. The van der Waals surface area contributed by atoms with E-state index < -0.39 is 5.97 Å². The number of anilines is 1. The number of hydrogen-bond acceptors (Lipinski definition) is 9. The fourth-order valence-electron chi connectivity index (χ4n) is 1.98. The molecule has 6 nitrogen and oxygen atoms in total. The molecule has 0 radical (unpaired) electrons. The van der Waals surface area contributed by atoms with Crippen molar-refractivity contribution in [3.8, 4) is 10.4 Å². The lowest BCUT2D eigenvalue weighted by Gasteiger charge is -2.07. The summed E-state index contributed by atoms with van der Waals surface area (Å²) in [6, 6.07) is 3.86. The quantitative estimate of drug-likeness (QED) is 0.463. The summed E-state index contributed by atoms with van der Waals surface area (Å²) in [4.78, 5) is 25.6. The van der Waals surface area contributed by atoms with Crippen LogP contribution < -0.4 is 5.32 Å². The van der Waals surface area contributed by atoms with Crippen molar-refractivity contribution in [2.24, 2.45) is 0 Å². The van der Waals surface area contributed by atoms with Gasteiger partial charge in [-0.15, -0.1) is 32.9 Å². The molecule has 0 fully saturated rings. The van der Waals surface area contributed by atoms with Gasteiger partial charge in [-0.25, -0.2) is 4.79 Å². The zero-order valence-corrected chi connectivity index (χ0v) is 16.3. The van der Waals surface area contributed by atoms with Gasteiger partial charge in [0.1, 0.15) is 16.1 Å². The maximum absolute atomic E-state index is 12.4. The lowest BCUT2D eigenvalue weighted by molar-refractivity contribution is -0.113. The Kier molecular flexibility index (Phi) is 6.19. The molecule has 10 heteroatoms. The van der Waals surface area contributed by atoms with Gasteiger partial charge in [-0.05, 0) is 18.4 Å². The van der Waals surface area contributed by atoms with Crippen LogP contribution in [0.5, 0.6) is 0 Å². The molecule has 3 aromatic rings. The minimum absolute atomic E-state index is 0.198. The van der Waals surface area contributed by atoms with Crippen molar-refractivity contribution >= 4 is 62.6 Å². The van der Waals surface area contributed by atoms with E-state index in [1.165, 1.54) is 45.8 Å². The van der Waals surface area contributed by atoms with E-state index in [2.05, 4.69) is 15.5 Å². The molecular weight excluding hydrogens is 398 g/mol. The third-order valence-corrected chi connectivity index (χ3v) is 6.64. The number of thiophene rings is 2. The summed E-state index contributed by atoms with van der Waals surface area (Å²) in [6.07, 6.45) is 0. The number of ether oxygens (including phenoxy) is 1. The Labute approximate surface area is 160 Å². The van der Waals surface area contributed by atoms with Gasteiger partial charge in [0.25, 0.3) is 0 Å². The summed E-state index contributed by atoms with van der Waals surface area (Å²) in [5.41, 5.74) is 2.81. The second-order valence-electron chi connectivity index (χ2n) is 4.59. The highest BCUT2D eigenvalue weighted by molar-refractivity contribution is 8.01. The van der Waals surface area contributed by atoms with Gasteiger partial charge in [0.15, 0.2) is 4.34 Å². The number of nitrogens with zero attached hydrogens (tertiary/aromatic N) is 2. The SMILES string of the molecule is CCOC(=O)c1c(-c2cccs2)csc1NC(=O)CSc1nncs1. The monoisotopic (exact) mass is 411 g/mol. The number of thioether (sulfide) groups is 1. The zero-order valence-electron chi connectivity index (χ0n) is 13.1. The number of esters is 1. The summed E-state index contributed by atoms with van der Waals surface area (Å²) in [5, 5.41) is 14.7. The predicted molar refractivity (Wildman–Crippen MR) is 103 cm³/mol. The molecule has 0 aliphatic carbocycles. The predicted octanol–water partition coefficient (Wildman–Crippen LogP) is 4.24. The molecule has 0 bridgehead atoms. The maximum Gasteiger partial charge on any atom is 0.341 e. The van der Waals surface area contributed by atoms with Crippen LogP contribution in [0.25, 0.3) is 10.4 Å². The number of rotatable bonds is 7. The van der Waals surface area contributed by atoms with E-state index in [0.29, 0.717) is 10.6 Å². The fourth-order valence-corrected chi connectivity index (χ4v) is 5.06. The van der Waals surface area contributed by atoms with Gasteiger partial charge in [0, 0.05) is 15.8 Å². The first-order valence-electron chi connectivity index (χ1n) is 7.20. The van der Waals surface area contributed by atoms with Crippen LogP contribution in [0.15, 0.2) is 32.7 Å². The van der Waals surface area contributed by atoms with E-state index >= 15 is 0 Å². The lowest BCUT2D eigenvalue weighted by Crippen LogP contribution is -2.16. The van der Waals surface area contributed by atoms with E-state index in [9.17, 15) is 9.59 Å². The number of aromatic nitrogens is 2. The third kappa shape index (κ3) is 4.46. The summed E-state index contributed by atoms with van der Waals surface area (Å²) in [7, 11) is 0. The Morgan fingerprint density at radius 3 is 2.88 bits per heavy atom. The largest absolute Gasteiger partial charge is 0.462 e. The van der Waals surface area contributed by atoms with Gasteiger partial charge in [0.05, 0.1) is 12.4 Å². The molecule has 1 amide bonds. The molecule has 3 rings (SSSR count). The molecule has 0 saturated heterocycles. The smallest absolute Gasteiger partial charge is 0.341 e. The van der Waals surface area contributed by atoms with Crippen LogP contribution >= 0.6 is 45.8 Å². The van der Waals surface area contributed by atoms with Crippen LogP contribution in [-0.2, 0) is 9.53 Å². The Bertz CT molecular complexity index is 844. The first kappa shape index (κ1) is 18.1. The molecule has 0 spiro atoms. The molecule has 130 valence electrons. The van der Waals surface area contributed by atoms with Crippen LogP contribution in [-0.4, -0.2) is 34.4 Å². The minimum atomic E-state index is -0.431. The zero-order chi connectivity index (χ0) is 17.6. The van der Waals surface area contributed by atoms with Crippen LogP contribution in [0.3, 0.4) is 0 Å². The topological polar surface area (TPSA) is 81.2 Å². The normalized spacial score (nSPS) is 10.6. The Morgan fingerprint density at radius 1 is 1.32 bits per heavy atom. The number of amides is 1. The molecule has 0 aliphatic rings. The molecule has 0 aromatic carbocycles. The molecule has 3 heterocycles. The number of carbonyl (C=O) groups excluding carboxylic acids is 2.